The van der Waals surface area contributed by atoms with Gasteiger partial charge in [0.05, 0.1) is 24.7 Å². The average Bonchev–Trinajstić information content (AvgIpc) is 3.50. The van der Waals surface area contributed by atoms with Crippen LogP contribution in [0.15, 0.2) is 16.5 Å². The molecule has 2 saturated heterocycles. The van der Waals surface area contributed by atoms with Gasteiger partial charge in [0.15, 0.2) is 0 Å². The normalized spacial score (nSPS) is 17.9. The quantitative estimate of drug-likeness (QED) is 0.545. The van der Waals surface area contributed by atoms with Crippen molar-refractivity contribution < 1.29 is 17.9 Å². The summed E-state index contributed by atoms with van der Waals surface area (Å²) in [7, 11) is 1.59. The minimum Gasteiger partial charge on any atom is -0.495 e. The van der Waals surface area contributed by atoms with Crippen molar-refractivity contribution in [3.05, 3.63) is 23.6 Å². The fourth-order valence-electron chi connectivity index (χ4n) is 4.32. The summed E-state index contributed by atoms with van der Waals surface area (Å²) < 4.78 is 38.6. The van der Waals surface area contributed by atoms with E-state index in [0.29, 0.717) is 46.4 Å². The number of aromatic nitrogens is 4. The molecule has 9 nitrogen and oxygen atoms in total. The molecule has 0 saturated carbocycles. The van der Waals surface area contributed by atoms with E-state index >= 15 is 0 Å². The topological polar surface area (TPSA) is 92.4 Å². The molecule has 4 heterocycles. The van der Waals surface area contributed by atoms with E-state index < -0.39 is 5.92 Å². The molecule has 2 aliphatic rings. The van der Waals surface area contributed by atoms with Crippen LogP contribution in [-0.2, 0) is 0 Å². The van der Waals surface area contributed by atoms with Gasteiger partial charge in [-0.2, -0.15) is 4.98 Å². The molecule has 2 fully saturated rings. The van der Waals surface area contributed by atoms with Gasteiger partial charge in [0.25, 0.3) is 5.92 Å². The van der Waals surface area contributed by atoms with Crippen LogP contribution < -0.4 is 15.0 Å². The first kappa shape index (κ1) is 23.2. The summed E-state index contributed by atoms with van der Waals surface area (Å²) in [5, 5.41) is 11.5. The van der Waals surface area contributed by atoms with Gasteiger partial charge in [-0.15, -0.1) is 5.10 Å². The van der Waals surface area contributed by atoms with Crippen LogP contribution in [0.25, 0.3) is 10.9 Å². The van der Waals surface area contributed by atoms with E-state index in [1.54, 1.807) is 18.9 Å². The van der Waals surface area contributed by atoms with Crippen LogP contribution in [0.2, 0.25) is 0 Å². The number of likely N-dealkylation sites (tertiary alicyclic amines) is 1. The first-order chi connectivity index (χ1) is 16.9. The summed E-state index contributed by atoms with van der Waals surface area (Å²) >= 11 is 0. The van der Waals surface area contributed by atoms with Gasteiger partial charge in [-0.1, -0.05) is 16.9 Å². The summed E-state index contributed by atoms with van der Waals surface area (Å²) in [4.78, 5) is 13.4. The van der Waals surface area contributed by atoms with Gasteiger partial charge in [0, 0.05) is 38.2 Å². The number of ether oxygens (including phenoxy) is 1. The molecule has 1 aromatic carbocycles. The smallest absolute Gasteiger partial charge is 0.321 e. The lowest BCUT2D eigenvalue weighted by atomic mass is 10.1. The summed E-state index contributed by atoms with van der Waals surface area (Å²) in [6.07, 6.45) is 1.93. The highest BCUT2D eigenvalue weighted by Gasteiger charge is 2.35. The van der Waals surface area contributed by atoms with E-state index in [9.17, 15) is 8.78 Å². The van der Waals surface area contributed by atoms with Crippen LogP contribution in [0.1, 0.15) is 37.1 Å². The number of hydrogen-bond donors (Lipinski definition) is 1. The largest absolute Gasteiger partial charge is 0.495 e. The highest BCUT2D eigenvalue weighted by atomic mass is 19.3. The molecule has 0 amide bonds. The van der Waals surface area contributed by atoms with Crippen molar-refractivity contribution in [2.45, 2.75) is 38.5 Å². The van der Waals surface area contributed by atoms with Crippen LogP contribution in [0.4, 0.5) is 26.6 Å². The monoisotopic (exact) mass is 483 g/mol. The molecule has 3 aromatic rings. The second-order valence-electron chi connectivity index (χ2n) is 8.82. The fourth-order valence-corrected chi connectivity index (χ4v) is 4.32. The minimum atomic E-state index is -2.67. The standard InChI is InChI=1S/C24H27F2N7O2/c1-16-30-31-23(35-16)29-21-18-15-20(34-2)17(6-5-11-32-9-3-4-10-32)14-19(18)27-22(28-21)33-12-7-24(25,26)8-13-33/h14-15H,3-4,7-13H2,1-2H3,(H,27,28,29,31). The zero-order chi connectivity index (χ0) is 24.4. The lowest BCUT2D eigenvalue weighted by molar-refractivity contribution is -0.0222. The number of piperidine rings is 1. The van der Waals surface area contributed by atoms with Crippen LogP contribution in [0.3, 0.4) is 0 Å². The van der Waals surface area contributed by atoms with E-state index in [2.05, 4.69) is 37.2 Å². The predicted molar refractivity (Wildman–Crippen MR) is 127 cm³/mol. The highest BCUT2D eigenvalue weighted by Crippen LogP contribution is 2.34. The van der Waals surface area contributed by atoms with E-state index in [4.69, 9.17) is 14.1 Å². The minimum absolute atomic E-state index is 0.163. The first-order valence-electron chi connectivity index (χ1n) is 11.7. The molecular weight excluding hydrogens is 456 g/mol. The molecule has 0 aliphatic carbocycles. The number of anilines is 3. The van der Waals surface area contributed by atoms with Crippen molar-refractivity contribution in [2.24, 2.45) is 0 Å². The van der Waals surface area contributed by atoms with E-state index in [0.717, 1.165) is 13.1 Å². The summed E-state index contributed by atoms with van der Waals surface area (Å²) in [5.41, 5.74) is 1.31. The molecule has 0 bridgehead atoms. The molecule has 2 aromatic heterocycles. The number of nitrogens with one attached hydrogen (secondary N) is 1. The van der Waals surface area contributed by atoms with Crippen molar-refractivity contribution in [2.75, 3.05) is 50.1 Å². The second-order valence-corrected chi connectivity index (χ2v) is 8.82. The maximum absolute atomic E-state index is 13.7. The van der Waals surface area contributed by atoms with Crippen LogP contribution in [-0.4, -0.2) is 70.8 Å². The average molecular weight is 484 g/mol. The first-order valence-corrected chi connectivity index (χ1v) is 11.7. The van der Waals surface area contributed by atoms with E-state index in [-0.39, 0.29) is 31.9 Å². The number of benzene rings is 1. The Bertz CT molecular complexity index is 1270. The van der Waals surface area contributed by atoms with Crippen molar-refractivity contribution in [3.8, 4) is 17.6 Å². The van der Waals surface area contributed by atoms with Gasteiger partial charge < -0.3 is 14.1 Å². The van der Waals surface area contributed by atoms with Crippen LogP contribution in [0, 0.1) is 18.8 Å². The fraction of sp³-hybridized carbons (Fsp3) is 0.500. The third-order valence-electron chi connectivity index (χ3n) is 6.26. The Hall–Kier alpha value is -3.52. The molecule has 0 atom stereocenters. The van der Waals surface area contributed by atoms with Crippen molar-refractivity contribution in [1.82, 2.24) is 25.1 Å². The molecule has 35 heavy (non-hydrogen) atoms. The zero-order valence-corrected chi connectivity index (χ0v) is 19.8. The third kappa shape index (κ3) is 5.27. The van der Waals surface area contributed by atoms with Crippen molar-refractivity contribution in [1.29, 1.82) is 0 Å². The molecule has 2 aliphatic heterocycles. The lowest BCUT2D eigenvalue weighted by Crippen LogP contribution is -2.40. The molecule has 0 spiro atoms. The van der Waals surface area contributed by atoms with Gasteiger partial charge >= 0.3 is 6.01 Å². The van der Waals surface area contributed by atoms with E-state index in [1.165, 1.54) is 12.8 Å². The molecule has 0 unspecified atom stereocenters. The molecule has 11 heteroatoms. The molecule has 184 valence electrons. The lowest BCUT2D eigenvalue weighted by Gasteiger charge is -2.32. The van der Waals surface area contributed by atoms with Gasteiger partial charge in [-0.25, -0.2) is 13.8 Å². The van der Waals surface area contributed by atoms with Gasteiger partial charge in [0.2, 0.25) is 11.8 Å². The maximum Gasteiger partial charge on any atom is 0.321 e. The Balaban J connectivity index is 1.53. The summed E-state index contributed by atoms with van der Waals surface area (Å²) in [5.74, 6) is 5.55. The summed E-state index contributed by atoms with van der Waals surface area (Å²) in [6.45, 7) is 4.85. The molecule has 5 rings (SSSR count). The Labute approximate surface area is 201 Å². The zero-order valence-electron chi connectivity index (χ0n) is 19.8. The van der Waals surface area contributed by atoms with Crippen LogP contribution >= 0.6 is 0 Å². The molecule has 0 radical (unpaired) electrons. The van der Waals surface area contributed by atoms with Gasteiger partial charge in [-0.3, -0.25) is 10.2 Å². The second kappa shape index (κ2) is 9.62. The maximum atomic E-state index is 13.7. The SMILES string of the molecule is COc1cc2c(Nc3nnc(C)o3)nc(N3CCC(F)(F)CC3)nc2cc1C#CCN1CCCC1. The predicted octanol–water partition coefficient (Wildman–Crippen LogP) is 3.76. The number of hydrogen-bond acceptors (Lipinski definition) is 9. The number of aryl methyl sites for hydroxylation is 1. The Morgan fingerprint density at radius 3 is 2.57 bits per heavy atom. The molecular formula is C24H27F2N7O2. The number of fused-ring (bicyclic) bond motifs is 1. The van der Waals surface area contributed by atoms with Gasteiger partial charge in [-0.05, 0) is 38.1 Å². The third-order valence-corrected chi connectivity index (χ3v) is 6.26. The Morgan fingerprint density at radius 1 is 1.11 bits per heavy atom. The van der Waals surface area contributed by atoms with Crippen LogP contribution in [0.5, 0.6) is 5.75 Å². The number of alkyl halides is 2. The number of methoxy groups -OCH3 is 1. The molecule has 1 N–H and O–H groups in total. The van der Waals surface area contributed by atoms with Crippen molar-refractivity contribution >= 4 is 28.7 Å². The summed E-state index contributed by atoms with van der Waals surface area (Å²) in [6, 6.07) is 3.83. The highest BCUT2D eigenvalue weighted by molar-refractivity contribution is 5.93. The van der Waals surface area contributed by atoms with E-state index in [1.807, 2.05) is 12.1 Å². The van der Waals surface area contributed by atoms with Gasteiger partial charge in [0.1, 0.15) is 11.6 Å². The number of nitrogens with zero attached hydrogens (tertiary/aromatic N) is 6. The number of rotatable bonds is 5. The Kier molecular flexibility index (Phi) is 6.38. The Morgan fingerprint density at radius 2 is 1.89 bits per heavy atom. The number of halogens is 2. The van der Waals surface area contributed by atoms with Crippen molar-refractivity contribution in [3.63, 3.8) is 0 Å².